The van der Waals surface area contributed by atoms with Gasteiger partial charge in [-0.15, -0.1) is 0 Å². The second-order valence-corrected chi connectivity index (χ2v) is 5.84. The molecule has 0 aromatic carbocycles. The summed E-state index contributed by atoms with van der Waals surface area (Å²) in [5.74, 6) is -0.120. The molecule has 0 unspecified atom stereocenters. The molecule has 3 rings (SSSR count). The first-order valence-corrected chi connectivity index (χ1v) is 7.52. The number of aromatic amines is 1. The number of H-pyrrole nitrogens is 1. The molecule has 7 heteroatoms. The van der Waals surface area contributed by atoms with Crippen LogP contribution in [-0.4, -0.2) is 45.5 Å². The third kappa shape index (κ3) is 3.08. The number of nitrogens with zero attached hydrogens (tertiary/aromatic N) is 3. The van der Waals surface area contributed by atoms with Crippen molar-refractivity contribution in [3.05, 3.63) is 47.5 Å². The fraction of sp³-hybridized carbons (Fsp3) is 0.375. The normalized spacial score (nSPS) is 20.8. The van der Waals surface area contributed by atoms with Crippen molar-refractivity contribution in [3.8, 4) is 0 Å². The van der Waals surface area contributed by atoms with E-state index in [1.165, 1.54) is 0 Å². The van der Waals surface area contributed by atoms with Crippen LogP contribution >= 0.6 is 0 Å². The molecule has 2 amide bonds. The number of aryl methyl sites for hydroxylation is 1. The third-order valence-corrected chi connectivity index (χ3v) is 4.20. The van der Waals surface area contributed by atoms with Gasteiger partial charge in [0.25, 0.3) is 5.91 Å². The Bertz CT molecular complexity index is 712. The second-order valence-electron chi connectivity index (χ2n) is 5.84. The summed E-state index contributed by atoms with van der Waals surface area (Å²) in [6.07, 6.45) is 3.85. The van der Waals surface area contributed by atoms with Gasteiger partial charge in [-0.3, -0.25) is 19.7 Å². The van der Waals surface area contributed by atoms with Gasteiger partial charge in [-0.1, -0.05) is 0 Å². The number of carbonyl (C=O) groups excluding carboxylic acids is 2. The number of hydrogen-bond acceptors (Lipinski definition) is 4. The lowest BCUT2D eigenvalue weighted by atomic mass is 9.94. The van der Waals surface area contributed by atoms with E-state index in [0.29, 0.717) is 18.7 Å². The zero-order chi connectivity index (χ0) is 16.4. The molecule has 0 spiro atoms. The number of hydrogen-bond donors (Lipinski definition) is 2. The van der Waals surface area contributed by atoms with Crippen LogP contribution in [0.15, 0.2) is 30.6 Å². The summed E-state index contributed by atoms with van der Waals surface area (Å²) in [6.45, 7) is 2.27. The van der Waals surface area contributed by atoms with Gasteiger partial charge in [0.2, 0.25) is 5.91 Å². The van der Waals surface area contributed by atoms with Crippen LogP contribution in [0.4, 0.5) is 0 Å². The van der Waals surface area contributed by atoms with Crippen LogP contribution in [-0.2, 0) is 4.79 Å². The van der Waals surface area contributed by atoms with Gasteiger partial charge in [0, 0.05) is 44.0 Å². The maximum Gasteiger partial charge on any atom is 0.271 e. The number of amides is 2. The highest BCUT2D eigenvalue weighted by molar-refractivity contribution is 5.92. The zero-order valence-electron chi connectivity index (χ0n) is 13.1. The lowest BCUT2D eigenvalue weighted by Crippen LogP contribution is -2.32. The van der Waals surface area contributed by atoms with Crippen molar-refractivity contribution < 1.29 is 9.59 Å². The first-order chi connectivity index (χ1) is 11.1. The first kappa shape index (κ1) is 15.2. The SMILES string of the molecule is Cc1cc(C(=O)NC[C@@H]2CC(=O)N(C)[C@H]2c2ccncc2)n[nH]1. The number of aromatic nitrogens is 3. The maximum atomic E-state index is 12.1. The molecule has 2 N–H and O–H groups in total. The second kappa shape index (κ2) is 6.20. The number of carbonyl (C=O) groups is 2. The van der Waals surface area contributed by atoms with Gasteiger partial charge in [0.05, 0.1) is 6.04 Å². The highest BCUT2D eigenvalue weighted by Gasteiger charge is 2.38. The molecule has 0 radical (unpaired) electrons. The van der Waals surface area contributed by atoms with E-state index >= 15 is 0 Å². The van der Waals surface area contributed by atoms with Gasteiger partial charge >= 0.3 is 0 Å². The molecule has 120 valence electrons. The Morgan fingerprint density at radius 1 is 1.43 bits per heavy atom. The Morgan fingerprint density at radius 2 is 2.17 bits per heavy atom. The van der Waals surface area contributed by atoms with Crippen LogP contribution in [0.1, 0.15) is 34.2 Å². The van der Waals surface area contributed by atoms with Gasteiger partial charge in [-0.25, -0.2) is 0 Å². The number of rotatable bonds is 4. The van der Waals surface area contributed by atoms with Crippen LogP contribution in [0, 0.1) is 12.8 Å². The molecule has 1 fully saturated rings. The Hall–Kier alpha value is -2.70. The van der Waals surface area contributed by atoms with E-state index in [9.17, 15) is 9.59 Å². The summed E-state index contributed by atoms with van der Waals surface area (Å²) in [5, 5.41) is 9.57. The molecular formula is C16H19N5O2. The lowest BCUT2D eigenvalue weighted by molar-refractivity contribution is -0.127. The van der Waals surface area contributed by atoms with E-state index in [-0.39, 0.29) is 23.8 Å². The Kier molecular flexibility index (Phi) is 4.10. The van der Waals surface area contributed by atoms with E-state index in [0.717, 1.165) is 11.3 Å². The molecule has 0 bridgehead atoms. The molecular weight excluding hydrogens is 294 g/mol. The molecule has 1 saturated heterocycles. The zero-order valence-corrected chi connectivity index (χ0v) is 13.1. The van der Waals surface area contributed by atoms with Crippen LogP contribution < -0.4 is 5.32 Å². The summed E-state index contributed by atoms with van der Waals surface area (Å²) < 4.78 is 0. The van der Waals surface area contributed by atoms with E-state index in [1.807, 2.05) is 19.1 Å². The molecule has 0 saturated carbocycles. The average Bonchev–Trinajstić information content (AvgIpc) is 3.10. The van der Waals surface area contributed by atoms with E-state index in [1.54, 1.807) is 30.4 Å². The Balaban J connectivity index is 1.70. The van der Waals surface area contributed by atoms with Crippen molar-refractivity contribution in [1.82, 2.24) is 25.4 Å². The quantitative estimate of drug-likeness (QED) is 0.883. The molecule has 23 heavy (non-hydrogen) atoms. The van der Waals surface area contributed by atoms with Crippen LogP contribution in [0.3, 0.4) is 0 Å². The van der Waals surface area contributed by atoms with Gasteiger partial charge in [-0.05, 0) is 30.7 Å². The van der Waals surface area contributed by atoms with Crippen molar-refractivity contribution in [2.24, 2.45) is 5.92 Å². The molecule has 7 nitrogen and oxygen atoms in total. The number of nitrogens with one attached hydrogen (secondary N) is 2. The third-order valence-electron chi connectivity index (χ3n) is 4.20. The smallest absolute Gasteiger partial charge is 0.271 e. The highest BCUT2D eigenvalue weighted by atomic mass is 16.2. The molecule has 3 heterocycles. The van der Waals surface area contributed by atoms with Gasteiger partial charge in [0.15, 0.2) is 0 Å². The van der Waals surface area contributed by atoms with E-state index in [4.69, 9.17) is 0 Å². The van der Waals surface area contributed by atoms with Crippen LogP contribution in [0.2, 0.25) is 0 Å². The number of likely N-dealkylation sites (tertiary alicyclic amines) is 1. The number of pyridine rings is 1. The van der Waals surface area contributed by atoms with Crippen LogP contribution in [0.25, 0.3) is 0 Å². The molecule has 1 aliphatic rings. The van der Waals surface area contributed by atoms with Crippen molar-refractivity contribution in [3.63, 3.8) is 0 Å². The molecule has 2 aromatic heterocycles. The minimum absolute atomic E-state index is 0.0267. The summed E-state index contributed by atoms with van der Waals surface area (Å²) >= 11 is 0. The highest BCUT2D eigenvalue weighted by Crippen LogP contribution is 2.36. The maximum absolute atomic E-state index is 12.1. The molecule has 2 aromatic rings. The Labute approximate surface area is 134 Å². The monoisotopic (exact) mass is 313 g/mol. The van der Waals surface area contributed by atoms with Crippen LogP contribution in [0.5, 0.6) is 0 Å². The fourth-order valence-corrected chi connectivity index (χ4v) is 3.04. The average molecular weight is 313 g/mol. The van der Waals surface area contributed by atoms with Gasteiger partial charge in [0.1, 0.15) is 5.69 Å². The summed E-state index contributed by atoms with van der Waals surface area (Å²) in [6, 6.07) is 5.46. The van der Waals surface area contributed by atoms with Gasteiger partial charge < -0.3 is 10.2 Å². The topological polar surface area (TPSA) is 91.0 Å². The standard InChI is InChI=1S/C16H19N5O2/c1-10-7-13(20-19-10)16(23)18-9-12-8-14(22)21(2)15(12)11-3-5-17-6-4-11/h3-7,12,15H,8-9H2,1-2H3,(H,18,23)(H,19,20)/t12-,15-/m0/s1. The predicted molar refractivity (Wildman–Crippen MR) is 83.5 cm³/mol. The first-order valence-electron chi connectivity index (χ1n) is 7.52. The van der Waals surface area contributed by atoms with Gasteiger partial charge in [-0.2, -0.15) is 5.10 Å². The van der Waals surface area contributed by atoms with Crippen molar-refractivity contribution in [2.75, 3.05) is 13.6 Å². The summed E-state index contributed by atoms with van der Waals surface area (Å²) in [7, 11) is 1.80. The molecule has 1 aliphatic heterocycles. The van der Waals surface area contributed by atoms with Crippen molar-refractivity contribution >= 4 is 11.8 Å². The largest absolute Gasteiger partial charge is 0.350 e. The lowest BCUT2D eigenvalue weighted by Gasteiger charge is -2.25. The molecule has 2 atom stereocenters. The van der Waals surface area contributed by atoms with E-state index in [2.05, 4.69) is 20.5 Å². The minimum atomic E-state index is -0.232. The fourth-order valence-electron chi connectivity index (χ4n) is 3.04. The van der Waals surface area contributed by atoms with Crippen molar-refractivity contribution in [1.29, 1.82) is 0 Å². The van der Waals surface area contributed by atoms with Crippen molar-refractivity contribution in [2.45, 2.75) is 19.4 Å². The Morgan fingerprint density at radius 3 is 2.83 bits per heavy atom. The predicted octanol–water partition coefficient (Wildman–Crippen LogP) is 1.06. The summed E-state index contributed by atoms with van der Waals surface area (Å²) in [4.78, 5) is 29.9. The summed E-state index contributed by atoms with van der Waals surface area (Å²) in [5.41, 5.74) is 2.23. The molecule has 0 aliphatic carbocycles. The van der Waals surface area contributed by atoms with E-state index < -0.39 is 0 Å². The minimum Gasteiger partial charge on any atom is -0.350 e.